The molecular formula is C22H25N5O2. The molecule has 1 amide bonds. The Morgan fingerprint density at radius 1 is 1.24 bits per heavy atom. The highest BCUT2D eigenvalue weighted by atomic mass is 16.3. The highest BCUT2D eigenvalue weighted by molar-refractivity contribution is 6.10. The standard InChI is InChI=1S/C22H25N5O2/c1-13-5-6-15-11-27(10-7-16(15)25-13)21(28)17-14(2)29-20-18(17)19(23-12-24-20)26(4)22(3)8-9-22/h5-6,12H,7-11H2,1-4H3. The number of furan rings is 1. The van der Waals surface area contributed by atoms with E-state index in [4.69, 9.17) is 4.42 Å². The molecule has 3 aromatic rings. The molecule has 0 spiro atoms. The van der Waals surface area contributed by atoms with Crippen molar-refractivity contribution in [1.82, 2.24) is 19.9 Å². The van der Waals surface area contributed by atoms with Crippen LogP contribution in [0.2, 0.25) is 0 Å². The van der Waals surface area contributed by atoms with E-state index in [1.807, 2.05) is 31.9 Å². The zero-order valence-electron chi connectivity index (χ0n) is 17.3. The zero-order valence-corrected chi connectivity index (χ0v) is 17.3. The van der Waals surface area contributed by atoms with Gasteiger partial charge in [0.2, 0.25) is 5.71 Å². The topological polar surface area (TPSA) is 75.4 Å². The maximum Gasteiger partial charge on any atom is 0.258 e. The third-order valence-electron chi connectivity index (χ3n) is 6.43. The van der Waals surface area contributed by atoms with Crippen LogP contribution in [0.1, 0.15) is 52.8 Å². The van der Waals surface area contributed by atoms with Gasteiger partial charge in [-0.25, -0.2) is 9.97 Å². The molecule has 1 saturated carbocycles. The predicted molar refractivity (Wildman–Crippen MR) is 110 cm³/mol. The Balaban J connectivity index is 1.55. The summed E-state index contributed by atoms with van der Waals surface area (Å²) >= 11 is 0. The Bertz CT molecular complexity index is 1130. The van der Waals surface area contributed by atoms with Crippen LogP contribution < -0.4 is 4.90 Å². The Morgan fingerprint density at radius 2 is 2.03 bits per heavy atom. The number of hydrogen-bond acceptors (Lipinski definition) is 6. The van der Waals surface area contributed by atoms with Crippen LogP contribution in [0.25, 0.3) is 11.1 Å². The number of hydrogen-bond donors (Lipinski definition) is 0. The number of aromatic nitrogens is 3. The second-order valence-electron chi connectivity index (χ2n) is 8.50. The molecule has 0 radical (unpaired) electrons. The second-order valence-corrected chi connectivity index (χ2v) is 8.50. The van der Waals surface area contributed by atoms with Crippen LogP contribution >= 0.6 is 0 Å². The maximum absolute atomic E-state index is 13.6. The van der Waals surface area contributed by atoms with Gasteiger partial charge in [-0.2, -0.15) is 0 Å². The van der Waals surface area contributed by atoms with Crippen molar-refractivity contribution in [3.05, 3.63) is 46.7 Å². The first kappa shape index (κ1) is 18.1. The number of carbonyl (C=O) groups excluding carboxylic acids is 1. The van der Waals surface area contributed by atoms with Crippen LogP contribution in [-0.4, -0.2) is 44.9 Å². The molecule has 29 heavy (non-hydrogen) atoms. The van der Waals surface area contributed by atoms with Crippen molar-refractivity contribution in [2.75, 3.05) is 18.5 Å². The Morgan fingerprint density at radius 3 is 2.79 bits per heavy atom. The summed E-state index contributed by atoms with van der Waals surface area (Å²) in [5, 5.41) is 0.721. The fourth-order valence-corrected chi connectivity index (χ4v) is 4.17. The van der Waals surface area contributed by atoms with E-state index in [0.29, 0.717) is 30.1 Å². The molecule has 7 nitrogen and oxygen atoms in total. The van der Waals surface area contributed by atoms with Crippen molar-refractivity contribution < 1.29 is 9.21 Å². The molecule has 4 heterocycles. The van der Waals surface area contributed by atoms with Gasteiger partial charge in [0.1, 0.15) is 17.9 Å². The summed E-state index contributed by atoms with van der Waals surface area (Å²) in [4.78, 5) is 31.1. The average Bonchev–Trinajstić information content (AvgIpc) is 3.37. The van der Waals surface area contributed by atoms with Crippen molar-refractivity contribution in [2.45, 2.75) is 52.1 Å². The third-order valence-corrected chi connectivity index (χ3v) is 6.43. The largest absolute Gasteiger partial charge is 0.442 e. The van der Waals surface area contributed by atoms with Crippen LogP contribution in [0.15, 0.2) is 22.9 Å². The van der Waals surface area contributed by atoms with E-state index in [9.17, 15) is 4.79 Å². The van der Waals surface area contributed by atoms with Crippen LogP contribution in [-0.2, 0) is 13.0 Å². The zero-order chi connectivity index (χ0) is 20.3. The molecule has 0 atom stereocenters. The molecule has 7 heteroatoms. The summed E-state index contributed by atoms with van der Waals surface area (Å²) in [5.74, 6) is 1.33. The lowest BCUT2D eigenvalue weighted by atomic mass is 10.0. The SMILES string of the molecule is Cc1ccc2c(n1)CCN(C(=O)c1c(C)oc3ncnc(N(C)C4(C)CC4)c13)C2. The molecule has 0 bridgehead atoms. The minimum absolute atomic E-state index is 0.0297. The number of pyridine rings is 1. The lowest BCUT2D eigenvalue weighted by Gasteiger charge is -2.29. The number of nitrogens with zero attached hydrogens (tertiary/aromatic N) is 5. The molecule has 2 aliphatic rings. The summed E-state index contributed by atoms with van der Waals surface area (Å²) < 4.78 is 5.88. The van der Waals surface area contributed by atoms with E-state index in [1.54, 1.807) is 0 Å². The lowest BCUT2D eigenvalue weighted by Crippen LogP contribution is -2.37. The van der Waals surface area contributed by atoms with Gasteiger partial charge in [-0.3, -0.25) is 9.78 Å². The fraction of sp³-hybridized carbons (Fsp3) is 0.455. The molecule has 1 aliphatic heterocycles. The van der Waals surface area contributed by atoms with Gasteiger partial charge in [0.15, 0.2) is 0 Å². The van der Waals surface area contributed by atoms with Crippen molar-refractivity contribution in [3.8, 4) is 0 Å². The first-order valence-electron chi connectivity index (χ1n) is 10.1. The molecule has 3 aromatic heterocycles. The fourth-order valence-electron chi connectivity index (χ4n) is 4.17. The van der Waals surface area contributed by atoms with Crippen molar-refractivity contribution in [1.29, 1.82) is 0 Å². The normalized spacial score (nSPS) is 17.3. The number of anilines is 1. The Labute approximate surface area is 169 Å². The first-order valence-corrected chi connectivity index (χ1v) is 10.1. The quantitative estimate of drug-likeness (QED) is 0.681. The van der Waals surface area contributed by atoms with E-state index in [-0.39, 0.29) is 11.4 Å². The van der Waals surface area contributed by atoms with Crippen LogP contribution in [0.4, 0.5) is 5.82 Å². The van der Waals surface area contributed by atoms with Gasteiger partial charge in [-0.05, 0) is 45.2 Å². The third kappa shape index (κ3) is 2.87. The molecule has 0 N–H and O–H groups in total. The van der Waals surface area contributed by atoms with E-state index in [0.717, 1.165) is 47.4 Å². The van der Waals surface area contributed by atoms with Gasteiger partial charge in [0.25, 0.3) is 5.91 Å². The molecule has 0 unspecified atom stereocenters. The van der Waals surface area contributed by atoms with Gasteiger partial charge < -0.3 is 14.2 Å². The smallest absolute Gasteiger partial charge is 0.258 e. The maximum atomic E-state index is 13.6. The first-order chi connectivity index (χ1) is 13.9. The summed E-state index contributed by atoms with van der Waals surface area (Å²) in [5.41, 5.74) is 4.35. The summed E-state index contributed by atoms with van der Waals surface area (Å²) in [7, 11) is 2.04. The summed E-state index contributed by atoms with van der Waals surface area (Å²) in [6.45, 7) is 7.25. The van der Waals surface area contributed by atoms with Gasteiger partial charge in [0, 0.05) is 43.5 Å². The molecule has 150 valence electrons. The van der Waals surface area contributed by atoms with Gasteiger partial charge in [-0.15, -0.1) is 0 Å². The van der Waals surface area contributed by atoms with E-state index < -0.39 is 0 Å². The predicted octanol–water partition coefficient (Wildman–Crippen LogP) is 3.42. The molecule has 1 fully saturated rings. The molecule has 5 rings (SSSR count). The highest BCUT2D eigenvalue weighted by Gasteiger charge is 2.43. The second kappa shape index (κ2) is 6.27. The number of fused-ring (bicyclic) bond motifs is 2. The average molecular weight is 391 g/mol. The highest BCUT2D eigenvalue weighted by Crippen LogP contribution is 2.44. The van der Waals surface area contributed by atoms with Crippen LogP contribution in [0, 0.1) is 13.8 Å². The van der Waals surface area contributed by atoms with Gasteiger partial charge in [-0.1, -0.05) is 6.07 Å². The van der Waals surface area contributed by atoms with Crippen molar-refractivity contribution in [3.63, 3.8) is 0 Å². The van der Waals surface area contributed by atoms with E-state index in [1.165, 1.54) is 6.33 Å². The van der Waals surface area contributed by atoms with Gasteiger partial charge >= 0.3 is 0 Å². The van der Waals surface area contributed by atoms with Crippen molar-refractivity contribution >= 4 is 22.8 Å². The number of amides is 1. The molecule has 0 aromatic carbocycles. The van der Waals surface area contributed by atoms with Crippen LogP contribution in [0.3, 0.4) is 0 Å². The molecule has 1 aliphatic carbocycles. The lowest BCUT2D eigenvalue weighted by molar-refractivity contribution is 0.0733. The molecular weight excluding hydrogens is 366 g/mol. The Kier molecular flexibility index (Phi) is 3.91. The minimum atomic E-state index is -0.0297. The summed E-state index contributed by atoms with van der Waals surface area (Å²) in [6, 6.07) is 4.08. The summed E-state index contributed by atoms with van der Waals surface area (Å²) in [6.07, 6.45) is 4.51. The monoisotopic (exact) mass is 391 g/mol. The molecule has 0 saturated heterocycles. The minimum Gasteiger partial charge on any atom is -0.442 e. The number of aryl methyl sites for hydroxylation is 2. The number of rotatable bonds is 3. The van der Waals surface area contributed by atoms with Crippen LogP contribution in [0.5, 0.6) is 0 Å². The van der Waals surface area contributed by atoms with E-state index in [2.05, 4.69) is 32.8 Å². The van der Waals surface area contributed by atoms with E-state index >= 15 is 0 Å². The number of carbonyl (C=O) groups is 1. The van der Waals surface area contributed by atoms with Gasteiger partial charge in [0.05, 0.1) is 10.9 Å². The Hall–Kier alpha value is -2.96. The van der Waals surface area contributed by atoms with Crippen molar-refractivity contribution in [2.24, 2.45) is 0 Å².